The van der Waals surface area contributed by atoms with E-state index in [-0.39, 0.29) is 0 Å². The Morgan fingerprint density at radius 3 is 3.00 bits per heavy atom. The highest BCUT2D eigenvalue weighted by Crippen LogP contribution is 2.35. The van der Waals surface area contributed by atoms with Crippen LogP contribution in [-0.4, -0.2) is 33.3 Å². The Balaban J connectivity index is 2.20. The lowest BCUT2D eigenvalue weighted by atomic mass is 9.96. The minimum absolute atomic E-state index is 0.411. The number of halogens is 1. The molecule has 1 aromatic carbocycles. The number of hydrogen-bond donors (Lipinski definition) is 1. The van der Waals surface area contributed by atoms with Gasteiger partial charge in [-0.15, -0.1) is 0 Å². The fraction of sp³-hybridized carbons (Fsp3) is 0.231. The summed E-state index contributed by atoms with van der Waals surface area (Å²) in [6.07, 6.45) is 0. The van der Waals surface area contributed by atoms with Crippen LogP contribution in [-0.2, 0) is 9.53 Å². The van der Waals surface area contributed by atoms with Crippen molar-refractivity contribution in [2.75, 3.05) is 12.4 Å². The number of hydrogen-bond acceptors (Lipinski definition) is 6. The van der Waals surface area contributed by atoms with Crippen LogP contribution >= 0.6 is 15.9 Å². The molecule has 108 valence electrons. The number of rotatable bonds is 2. The highest BCUT2D eigenvalue weighted by molar-refractivity contribution is 9.10. The summed E-state index contributed by atoms with van der Waals surface area (Å²) in [5, 5.41) is 14.6. The second kappa shape index (κ2) is 5.28. The van der Waals surface area contributed by atoms with Crippen LogP contribution in [0.15, 0.2) is 40.0 Å². The van der Waals surface area contributed by atoms with E-state index in [9.17, 15) is 4.79 Å². The second-order valence-electron chi connectivity index (χ2n) is 4.56. The molecule has 1 N–H and O–H groups in total. The number of nitrogens with one attached hydrogen (secondary N) is 1. The van der Waals surface area contributed by atoms with Gasteiger partial charge in [-0.05, 0) is 35.0 Å². The molecule has 0 saturated heterocycles. The number of nitrogens with zero attached hydrogens (tertiary/aromatic N) is 4. The van der Waals surface area contributed by atoms with E-state index < -0.39 is 12.0 Å². The van der Waals surface area contributed by atoms with Gasteiger partial charge in [0.25, 0.3) is 0 Å². The predicted molar refractivity (Wildman–Crippen MR) is 78.4 cm³/mol. The van der Waals surface area contributed by atoms with Crippen LogP contribution in [0, 0.1) is 0 Å². The normalized spacial score (nSPS) is 17.2. The summed E-state index contributed by atoms with van der Waals surface area (Å²) >= 11 is 3.44. The third-order valence-electron chi connectivity index (χ3n) is 3.28. The van der Waals surface area contributed by atoms with Crippen molar-refractivity contribution in [3.05, 3.63) is 45.6 Å². The van der Waals surface area contributed by atoms with Crippen molar-refractivity contribution in [2.24, 2.45) is 0 Å². The van der Waals surface area contributed by atoms with Gasteiger partial charge in [0, 0.05) is 10.2 Å². The molecule has 21 heavy (non-hydrogen) atoms. The fourth-order valence-corrected chi connectivity index (χ4v) is 2.79. The zero-order chi connectivity index (χ0) is 15.0. The number of methoxy groups -OCH3 is 1. The number of allylic oxidation sites excluding steroid dienone is 1. The summed E-state index contributed by atoms with van der Waals surface area (Å²) in [5.74, 6) is 0.0799. The maximum absolute atomic E-state index is 12.2. The van der Waals surface area contributed by atoms with Crippen molar-refractivity contribution in [3.8, 4) is 0 Å². The molecular formula is C13H12BrN5O2. The summed E-state index contributed by atoms with van der Waals surface area (Å²) in [7, 11) is 1.36. The maximum atomic E-state index is 12.2. The average Bonchev–Trinajstić information content (AvgIpc) is 2.92. The molecule has 0 unspecified atom stereocenters. The quantitative estimate of drug-likeness (QED) is 0.833. The van der Waals surface area contributed by atoms with Gasteiger partial charge in [-0.3, -0.25) is 0 Å². The molecule has 7 nitrogen and oxygen atoms in total. The Hall–Kier alpha value is -2.22. The van der Waals surface area contributed by atoms with E-state index in [2.05, 4.69) is 36.8 Å². The highest BCUT2D eigenvalue weighted by Gasteiger charge is 2.34. The third kappa shape index (κ3) is 2.31. The molecule has 1 aliphatic heterocycles. The number of ether oxygens (including phenoxy) is 1. The van der Waals surface area contributed by atoms with Gasteiger partial charge in [-0.25, -0.2) is 4.79 Å². The number of esters is 1. The number of tetrazole rings is 1. The molecule has 0 saturated carbocycles. The van der Waals surface area contributed by atoms with Gasteiger partial charge in [0.05, 0.1) is 12.7 Å². The van der Waals surface area contributed by atoms with Gasteiger partial charge in [0.2, 0.25) is 5.95 Å². The van der Waals surface area contributed by atoms with Gasteiger partial charge in [-0.2, -0.15) is 4.68 Å². The van der Waals surface area contributed by atoms with Crippen LogP contribution in [0.2, 0.25) is 0 Å². The molecule has 0 fully saturated rings. The van der Waals surface area contributed by atoms with Crippen molar-refractivity contribution < 1.29 is 9.53 Å². The van der Waals surface area contributed by atoms with E-state index in [0.717, 1.165) is 10.0 Å². The molecule has 1 aromatic heterocycles. The number of aromatic nitrogens is 4. The predicted octanol–water partition coefficient (Wildman–Crippen LogP) is 1.90. The Kier molecular flexibility index (Phi) is 3.46. The summed E-state index contributed by atoms with van der Waals surface area (Å²) in [6.45, 7) is 1.80. The monoisotopic (exact) mass is 349 g/mol. The maximum Gasteiger partial charge on any atom is 0.338 e. The third-order valence-corrected chi connectivity index (χ3v) is 3.78. The van der Waals surface area contributed by atoms with Gasteiger partial charge in [-0.1, -0.05) is 33.2 Å². The topological polar surface area (TPSA) is 81.9 Å². The summed E-state index contributed by atoms with van der Waals surface area (Å²) in [4.78, 5) is 12.2. The van der Waals surface area contributed by atoms with E-state index in [0.29, 0.717) is 17.2 Å². The van der Waals surface area contributed by atoms with Crippen molar-refractivity contribution in [2.45, 2.75) is 13.0 Å². The van der Waals surface area contributed by atoms with Crippen LogP contribution in [0.25, 0.3) is 0 Å². The van der Waals surface area contributed by atoms with Crippen LogP contribution in [0.4, 0.5) is 5.95 Å². The van der Waals surface area contributed by atoms with Crippen LogP contribution < -0.4 is 5.32 Å². The lowest BCUT2D eigenvalue weighted by molar-refractivity contribution is -0.136. The van der Waals surface area contributed by atoms with Crippen molar-refractivity contribution in [1.29, 1.82) is 0 Å². The first kappa shape index (κ1) is 13.7. The zero-order valence-corrected chi connectivity index (χ0v) is 13.0. The van der Waals surface area contributed by atoms with Crippen molar-refractivity contribution in [3.63, 3.8) is 0 Å². The lowest BCUT2D eigenvalue weighted by Crippen LogP contribution is -2.29. The Morgan fingerprint density at radius 1 is 1.48 bits per heavy atom. The Morgan fingerprint density at radius 2 is 2.29 bits per heavy atom. The van der Waals surface area contributed by atoms with Crippen molar-refractivity contribution in [1.82, 2.24) is 20.2 Å². The number of fused-ring (bicyclic) bond motifs is 1. The van der Waals surface area contributed by atoms with Crippen molar-refractivity contribution >= 4 is 27.8 Å². The molecule has 1 atom stereocenters. The first-order valence-corrected chi connectivity index (χ1v) is 7.00. The number of carbonyl (C=O) groups is 1. The molecule has 0 bridgehead atoms. The Bertz CT molecular complexity index is 740. The minimum atomic E-state index is -0.429. The summed E-state index contributed by atoms with van der Waals surface area (Å²) in [6, 6.07) is 7.23. The molecule has 0 amide bonds. The minimum Gasteiger partial charge on any atom is -0.466 e. The van der Waals surface area contributed by atoms with Gasteiger partial charge >= 0.3 is 5.97 Å². The lowest BCUT2D eigenvalue weighted by Gasteiger charge is -2.27. The van der Waals surface area contributed by atoms with E-state index >= 15 is 0 Å². The van der Waals surface area contributed by atoms with E-state index in [1.165, 1.54) is 7.11 Å². The smallest absolute Gasteiger partial charge is 0.338 e. The second-order valence-corrected chi connectivity index (χ2v) is 5.48. The molecule has 0 spiro atoms. The summed E-state index contributed by atoms with van der Waals surface area (Å²) in [5.41, 5.74) is 2.05. The molecule has 1 aliphatic rings. The first-order chi connectivity index (χ1) is 10.1. The molecule has 2 aromatic rings. The first-order valence-electron chi connectivity index (χ1n) is 6.21. The van der Waals surface area contributed by atoms with E-state index in [4.69, 9.17) is 4.74 Å². The van der Waals surface area contributed by atoms with Gasteiger partial charge in [0.15, 0.2) is 0 Å². The van der Waals surface area contributed by atoms with Gasteiger partial charge < -0.3 is 10.1 Å². The van der Waals surface area contributed by atoms with Gasteiger partial charge in [0.1, 0.15) is 6.04 Å². The molecule has 3 rings (SSSR count). The fourth-order valence-electron chi connectivity index (χ4n) is 2.37. The number of carbonyl (C=O) groups excluding carboxylic acids is 1. The molecular weight excluding hydrogens is 338 g/mol. The molecule has 0 aliphatic carbocycles. The molecule has 0 radical (unpaired) electrons. The van der Waals surface area contributed by atoms with E-state index in [1.807, 2.05) is 24.3 Å². The zero-order valence-electron chi connectivity index (χ0n) is 11.4. The van der Waals surface area contributed by atoms with Crippen LogP contribution in [0.3, 0.4) is 0 Å². The summed E-state index contributed by atoms with van der Waals surface area (Å²) < 4.78 is 7.39. The average molecular weight is 350 g/mol. The largest absolute Gasteiger partial charge is 0.466 e. The Labute approximate surface area is 129 Å². The highest BCUT2D eigenvalue weighted by atomic mass is 79.9. The number of anilines is 1. The molecule has 8 heteroatoms. The SMILES string of the molecule is COC(=O)C1=C(C)Nc2nnnn2[C@@H]1c1cccc(Br)c1. The van der Waals surface area contributed by atoms with Crippen LogP contribution in [0.5, 0.6) is 0 Å². The molecule has 2 heterocycles. The number of benzene rings is 1. The van der Waals surface area contributed by atoms with Crippen LogP contribution in [0.1, 0.15) is 18.5 Å². The standard InChI is InChI=1S/C13H12BrN5O2/c1-7-10(12(20)21-2)11(8-4-3-5-9(14)6-8)19-13(15-7)16-17-18-19/h3-6,11H,1-2H3,(H,15,16,18)/t11-/m1/s1. The van der Waals surface area contributed by atoms with E-state index in [1.54, 1.807) is 11.6 Å².